The molecule has 2 aliphatic heterocycles. The van der Waals surface area contributed by atoms with E-state index in [1.165, 1.54) is 149 Å². The molecule has 0 spiro atoms. The lowest BCUT2D eigenvalue weighted by atomic mass is 9.76. The van der Waals surface area contributed by atoms with E-state index in [1.807, 2.05) is 12.4 Å². The molecule has 0 radical (unpaired) electrons. The van der Waals surface area contributed by atoms with E-state index in [4.69, 9.17) is 9.97 Å². The summed E-state index contributed by atoms with van der Waals surface area (Å²) in [6.45, 7) is 9.27. The Morgan fingerprint density at radius 3 is 0.976 bits per heavy atom. The number of para-hydroxylation sites is 9. The fourth-order valence-electron chi connectivity index (χ4n) is 21.0. The molecule has 6 aromatic heterocycles. The summed E-state index contributed by atoms with van der Waals surface area (Å²) in [5.74, 6) is 0. The van der Waals surface area contributed by atoms with Crippen LogP contribution in [0.15, 0.2) is 413 Å². The maximum Gasteiger partial charge on any atom is 0.0786 e. The van der Waals surface area contributed by atoms with Crippen molar-refractivity contribution < 1.29 is 0 Å². The number of pyridine rings is 2. The molecule has 124 heavy (non-hydrogen) atoms. The number of rotatable bonds is 6. The number of hydrogen-bond donors (Lipinski definition) is 0. The highest BCUT2D eigenvalue weighted by molar-refractivity contribution is 6.16. The number of hydrogen-bond acceptors (Lipinski definition) is 4. The zero-order valence-corrected chi connectivity index (χ0v) is 68.8. The molecule has 26 rings (SSSR count). The molecule has 584 valence electrons. The second kappa shape index (κ2) is 27.3. The fourth-order valence-corrected chi connectivity index (χ4v) is 21.0. The van der Waals surface area contributed by atoms with E-state index in [9.17, 15) is 0 Å². The molecule has 0 saturated heterocycles. The summed E-state index contributed by atoms with van der Waals surface area (Å²) >= 11 is 0. The first kappa shape index (κ1) is 71.1. The van der Waals surface area contributed by atoms with Gasteiger partial charge >= 0.3 is 0 Å². The van der Waals surface area contributed by atoms with Crippen molar-refractivity contribution in [2.75, 3.05) is 9.80 Å². The van der Waals surface area contributed by atoms with E-state index in [1.54, 1.807) is 0 Å². The molecule has 16 aromatic carbocycles. The number of fused-ring (bicyclic) bond motifs is 30. The third kappa shape index (κ3) is 10.7. The van der Waals surface area contributed by atoms with Gasteiger partial charge in [-0.05, 0) is 213 Å². The van der Waals surface area contributed by atoms with Gasteiger partial charge < -0.3 is 28.1 Å². The molecule has 0 atom stereocenters. The van der Waals surface area contributed by atoms with E-state index in [0.29, 0.717) is 0 Å². The first-order valence-electron chi connectivity index (χ1n) is 42.9. The summed E-state index contributed by atoms with van der Waals surface area (Å²) in [6, 6.07) is 138. The van der Waals surface area contributed by atoms with Gasteiger partial charge in [-0.25, -0.2) is 0 Å². The monoisotopic (exact) mass is 1580 g/mol. The maximum absolute atomic E-state index is 5.31. The van der Waals surface area contributed by atoms with Gasteiger partial charge in [0.1, 0.15) is 0 Å². The Morgan fingerprint density at radius 1 is 0.202 bits per heavy atom. The van der Waals surface area contributed by atoms with Crippen molar-refractivity contribution in [1.29, 1.82) is 0 Å². The molecule has 2 aliphatic carbocycles. The third-order valence-corrected chi connectivity index (χ3v) is 26.8. The normalized spacial score (nSPS) is 13.7. The highest BCUT2D eigenvalue weighted by Crippen LogP contribution is 2.57. The van der Waals surface area contributed by atoms with E-state index in [2.05, 4.69) is 456 Å². The van der Waals surface area contributed by atoms with Gasteiger partial charge in [-0.1, -0.05) is 264 Å². The highest BCUT2D eigenvalue weighted by atomic mass is 15.1. The van der Waals surface area contributed by atoms with Crippen LogP contribution in [0.4, 0.5) is 22.7 Å². The first-order chi connectivity index (χ1) is 61.0. The van der Waals surface area contributed by atoms with E-state index < -0.39 is 0 Å². The third-order valence-electron chi connectivity index (χ3n) is 26.8. The average molecular weight is 1590 g/mol. The zero-order chi connectivity index (χ0) is 82.2. The molecule has 0 bridgehead atoms. The largest absolute Gasteiger partial charge is 0.317 e. The lowest BCUT2D eigenvalue weighted by molar-refractivity contribution is 0.659. The van der Waals surface area contributed by atoms with Crippen molar-refractivity contribution in [2.45, 2.75) is 38.5 Å². The molecular weight excluding hydrogens is 1510 g/mol. The van der Waals surface area contributed by atoms with Crippen LogP contribution in [-0.4, -0.2) is 28.2 Å². The maximum atomic E-state index is 5.31. The summed E-state index contributed by atoms with van der Waals surface area (Å²) in [7, 11) is 0. The van der Waals surface area contributed by atoms with Crippen LogP contribution in [0.5, 0.6) is 0 Å². The number of aromatic nitrogens is 6. The Kier molecular flexibility index (Phi) is 15.7. The smallest absolute Gasteiger partial charge is 0.0786 e. The van der Waals surface area contributed by atoms with Crippen molar-refractivity contribution in [3.8, 4) is 112 Å². The molecule has 0 unspecified atom stereocenters. The molecule has 4 aliphatic rings. The molecular formula is C116H80N8. The SMILES string of the molecule is CC1(C)C=CN(c2ccccc2)c2cc3c(cc21)-c1ncccc1-c1cc(-n2c4ccccc4c4ccccc42)ccc1-c1ccc(-n2c4ccccc4c4ccccc42)cc1-3.CC1(C)C=CN(c2ccccc2)c2cc3c(cc21)-c1ncccc1-c1ccccc1-c1c-3cccc1-n1c2ccccc2c2cc(-n3c4ccccc4c4ccccc43)ccc21. The summed E-state index contributed by atoms with van der Waals surface area (Å²) < 4.78 is 9.77. The number of nitrogens with zero attached hydrogens (tertiary/aromatic N) is 8. The van der Waals surface area contributed by atoms with Gasteiger partial charge in [-0.15, -0.1) is 0 Å². The van der Waals surface area contributed by atoms with Crippen LogP contribution in [0.3, 0.4) is 0 Å². The van der Waals surface area contributed by atoms with Gasteiger partial charge in [-0.3, -0.25) is 9.97 Å². The lowest BCUT2D eigenvalue weighted by Gasteiger charge is -2.37. The van der Waals surface area contributed by atoms with Gasteiger partial charge in [0.2, 0.25) is 0 Å². The van der Waals surface area contributed by atoms with Gasteiger partial charge in [-0.2, -0.15) is 0 Å². The Bertz CT molecular complexity index is 8170. The van der Waals surface area contributed by atoms with Gasteiger partial charge in [0.05, 0.1) is 72.6 Å². The molecule has 0 saturated carbocycles. The standard InChI is InChI=1S/2C58H40N4/c1-58(2)30-32-60(37-15-4-3-5-16-37)56-36-49-48-34-39(62-54-24-12-8-19-44(54)45-20-9-13-25-55(45)62)27-29-41(48)40-28-26-38(33-47(40)46-21-14-31-59-57(46)50(49)35-51(56)58)61-52-22-10-6-17-42(52)43-18-7-11-23-53(43)61;1-58(2)31-33-60(37-16-4-3-5-17-37)55-36-46-44-23-14-28-54(56(44)43-22-7-6-18-39(43)45-24-15-32-59-57(45)48(46)35-49(55)58)62-52-27-13-10-21-42(52)47-34-38(29-30-53(47)62)61-50-25-11-8-19-40(50)41-20-9-12-26-51(41)61/h2*3-36H,1-2H3. The Hall–Kier alpha value is -15.9. The van der Waals surface area contributed by atoms with Gasteiger partial charge in [0.25, 0.3) is 0 Å². The zero-order valence-electron chi connectivity index (χ0n) is 68.8. The average Bonchev–Trinajstić information content (AvgIpc) is 1.18. The quantitative estimate of drug-likeness (QED) is 0.166. The Morgan fingerprint density at radius 2 is 0.524 bits per heavy atom. The molecule has 0 N–H and O–H groups in total. The molecule has 8 heterocycles. The van der Waals surface area contributed by atoms with Crippen molar-refractivity contribution in [3.63, 3.8) is 0 Å². The topological polar surface area (TPSA) is 52.0 Å². The minimum Gasteiger partial charge on any atom is -0.317 e. The highest BCUT2D eigenvalue weighted by Gasteiger charge is 2.37. The predicted octanol–water partition coefficient (Wildman–Crippen LogP) is 30.4. The van der Waals surface area contributed by atoms with Crippen LogP contribution in [0, 0.1) is 0 Å². The van der Waals surface area contributed by atoms with E-state index in [-0.39, 0.29) is 10.8 Å². The molecule has 8 heteroatoms. The van der Waals surface area contributed by atoms with E-state index in [0.717, 1.165) is 84.5 Å². The summed E-state index contributed by atoms with van der Waals surface area (Å²) in [5, 5.41) is 9.95. The van der Waals surface area contributed by atoms with Crippen LogP contribution in [-0.2, 0) is 10.8 Å². The number of benzene rings is 16. The van der Waals surface area contributed by atoms with Gasteiger partial charge in [0, 0.05) is 135 Å². The number of allylic oxidation sites excluding steroid dienone is 2. The second-order valence-corrected chi connectivity index (χ2v) is 34.5. The van der Waals surface area contributed by atoms with Gasteiger partial charge in [0.15, 0.2) is 0 Å². The molecule has 0 amide bonds. The van der Waals surface area contributed by atoms with Crippen LogP contribution < -0.4 is 9.80 Å². The fraction of sp³-hybridized carbons (Fsp3) is 0.0517. The van der Waals surface area contributed by atoms with Crippen LogP contribution in [0.25, 0.3) is 199 Å². The molecule has 22 aromatic rings. The minimum atomic E-state index is -0.220. The summed E-state index contributed by atoms with van der Waals surface area (Å²) in [4.78, 5) is 15.2. The summed E-state index contributed by atoms with van der Waals surface area (Å²) in [5.41, 5.74) is 39.0. The Balaban J connectivity index is 0.000000136. The van der Waals surface area contributed by atoms with Crippen LogP contribution in [0.1, 0.15) is 38.8 Å². The minimum absolute atomic E-state index is 0.198. The van der Waals surface area contributed by atoms with Crippen molar-refractivity contribution in [2.24, 2.45) is 0 Å². The van der Waals surface area contributed by atoms with Crippen LogP contribution >= 0.6 is 0 Å². The number of anilines is 4. The van der Waals surface area contributed by atoms with Crippen molar-refractivity contribution in [3.05, 3.63) is 424 Å². The summed E-state index contributed by atoms with van der Waals surface area (Å²) in [6.07, 6.45) is 13.1. The Labute approximate surface area is 718 Å². The van der Waals surface area contributed by atoms with Crippen molar-refractivity contribution >= 4 is 110 Å². The van der Waals surface area contributed by atoms with Crippen molar-refractivity contribution in [1.82, 2.24) is 28.2 Å². The van der Waals surface area contributed by atoms with E-state index >= 15 is 0 Å². The predicted molar refractivity (Wildman–Crippen MR) is 518 cm³/mol. The van der Waals surface area contributed by atoms with Crippen LogP contribution in [0.2, 0.25) is 0 Å². The first-order valence-corrected chi connectivity index (χ1v) is 42.9. The second-order valence-electron chi connectivity index (χ2n) is 34.5. The molecule has 8 nitrogen and oxygen atoms in total. The lowest BCUT2D eigenvalue weighted by Crippen LogP contribution is -2.25. The molecule has 0 fully saturated rings.